The lowest BCUT2D eigenvalue weighted by Crippen LogP contribution is -2.42. The minimum Gasteiger partial charge on any atom is -0.497 e. The Morgan fingerprint density at radius 2 is 1.60 bits per heavy atom. The summed E-state index contributed by atoms with van der Waals surface area (Å²) >= 11 is 0. The Kier molecular flexibility index (Phi) is 6.83. The number of benzene rings is 2. The van der Waals surface area contributed by atoms with E-state index in [1.54, 1.807) is 31.4 Å². The highest BCUT2D eigenvalue weighted by atomic mass is 16.5. The van der Waals surface area contributed by atoms with Gasteiger partial charge in [0.2, 0.25) is 0 Å². The fraction of sp³-hybridized carbons (Fsp3) is 0.263. The molecule has 1 atom stereocenters. The third-order valence-corrected chi connectivity index (χ3v) is 3.57. The van der Waals surface area contributed by atoms with Crippen molar-refractivity contribution in [2.75, 3.05) is 20.3 Å². The van der Waals surface area contributed by atoms with Crippen molar-refractivity contribution in [3.05, 3.63) is 60.2 Å². The zero-order chi connectivity index (χ0) is 18.1. The van der Waals surface area contributed by atoms with Gasteiger partial charge < -0.3 is 20.1 Å². The minimum atomic E-state index is -0.680. The summed E-state index contributed by atoms with van der Waals surface area (Å²) in [5, 5.41) is 5.19. The van der Waals surface area contributed by atoms with Gasteiger partial charge in [-0.25, -0.2) is 0 Å². The van der Waals surface area contributed by atoms with Gasteiger partial charge in [0.1, 0.15) is 18.1 Å². The average molecular weight is 342 g/mol. The number of nitrogens with one attached hydrogen (secondary N) is 2. The Hall–Kier alpha value is -3.02. The molecule has 0 bridgehead atoms. The van der Waals surface area contributed by atoms with E-state index in [1.807, 2.05) is 37.3 Å². The molecule has 2 aromatic carbocycles. The van der Waals surface area contributed by atoms with Gasteiger partial charge in [-0.3, -0.25) is 9.59 Å². The second kappa shape index (κ2) is 9.32. The molecule has 6 heteroatoms. The van der Waals surface area contributed by atoms with E-state index in [4.69, 9.17) is 9.47 Å². The van der Waals surface area contributed by atoms with Crippen LogP contribution in [0.1, 0.15) is 18.5 Å². The number of amides is 2. The Morgan fingerprint density at radius 1 is 0.960 bits per heavy atom. The lowest BCUT2D eigenvalue weighted by atomic mass is 10.1. The van der Waals surface area contributed by atoms with Gasteiger partial charge in [-0.15, -0.1) is 0 Å². The summed E-state index contributed by atoms with van der Waals surface area (Å²) in [4.78, 5) is 23.7. The van der Waals surface area contributed by atoms with Gasteiger partial charge in [0.05, 0.1) is 19.7 Å². The maximum Gasteiger partial charge on any atom is 0.309 e. The van der Waals surface area contributed by atoms with Crippen LogP contribution in [0, 0.1) is 0 Å². The summed E-state index contributed by atoms with van der Waals surface area (Å²) in [5.41, 5.74) is 0.937. The number of methoxy groups -OCH3 is 1. The predicted octanol–water partition coefficient (Wildman–Crippen LogP) is 2.07. The highest BCUT2D eigenvalue weighted by molar-refractivity contribution is 6.35. The number of hydrogen-bond acceptors (Lipinski definition) is 4. The van der Waals surface area contributed by atoms with E-state index in [1.165, 1.54) is 0 Å². The van der Waals surface area contributed by atoms with E-state index in [-0.39, 0.29) is 19.2 Å². The molecule has 2 N–H and O–H groups in total. The maximum absolute atomic E-state index is 11.9. The number of rotatable bonds is 7. The van der Waals surface area contributed by atoms with Crippen LogP contribution in [0.4, 0.5) is 0 Å². The van der Waals surface area contributed by atoms with Gasteiger partial charge in [-0.1, -0.05) is 30.3 Å². The van der Waals surface area contributed by atoms with E-state index in [0.29, 0.717) is 5.75 Å². The number of hydrogen-bond donors (Lipinski definition) is 2. The standard InChI is InChI=1S/C19H22N2O4/c1-14(15-6-4-3-5-7-15)21-19(23)18(22)20-12-13-25-17-10-8-16(24-2)9-11-17/h3-11,14H,12-13H2,1-2H3,(H,20,22)(H,21,23). The SMILES string of the molecule is COc1ccc(OCCNC(=O)C(=O)NC(C)c2ccccc2)cc1. The van der Waals surface area contributed by atoms with E-state index < -0.39 is 11.8 Å². The molecular weight excluding hydrogens is 320 g/mol. The summed E-state index contributed by atoms with van der Waals surface area (Å²) in [5.74, 6) is 0.0592. The molecule has 0 heterocycles. The van der Waals surface area contributed by atoms with Crippen molar-refractivity contribution in [1.29, 1.82) is 0 Å². The Labute approximate surface area is 147 Å². The van der Waals surface area contributed by atoms with Crippen molar-refractivity contribution < 1.29 is 19.1 Å². The number of carbonyl (C=O) groups excluding carboxylic acids is 2. The Balaban J connectivity index is 1.69. The molecule has 0 fully saturated rings. The summed E-state index contributed by atoms with van der Waals surface area (Å²) in [7, 11) is 1.59. The molecular formula is C19H22N2O4. The number of ether oxygens (including phenoxy) is 2. The molecule has 0 spiro atoms. The van der Waals surface area contributed by atoms with Crippen LogP contribution in [-0.4, -0.2) is 32.1 Å². The van der Waals surface area contributed by atoms with E-state index in [2.05, 4.69) is 10.6 Å². The summed E-state index contributed by atoms with van der Waals surface area (Å²) in [6, 6.07) is 16.3. The lowest BCUT2D eigenvalue weighted by molar-refractivity contribution is -0.139. The zero-order valence-electron chi connectivity index (χ0n) is 14.3. The van der Waals surface area contributed by atoms with Crippen LogP contribution < -0.4 is 20.1 Å². The molecule has 1 unspecified atom stereocenters. The molecule has 0 aliphatic carbocycles. The summed E-state index contributed by atoms with van der Waals surface area (Å²) < 4.78 is 10.5. The molecule has 25 heavy (non-hydrogen) atoms. The first-order chi connectivity index (χ1) is 12.1. The first-order valence-corrected chi connectivity index (χ1v) is 8.00. The van der Waals surface area contributed by atoms with Crippen LogP contribution in [-0.2, 0) is 9.59 Å². The van der Waals surface area contributed by atoms with Crippen LogP contribution in [0.5, 0.6) is 11.5 Å². The molecule has 0 saturated carbocycles. The molecule has 2 amide bonds. The van der Waals surface area contributed by atoms with Crippen molar-refractivity contribution in [1.82, 2.24) is 10.6 Å². The topological polar surface area (TPSA) is 76.7 Å². The van der Waals surface area contributed by atoms with Gasteiger partial charge in [0, 0.05) is 0 Å². The van der Waals surface area contributed by atoms with Gasteiger partial charge >= 0.3 is 11.8 Å². The van der Waals surface area contributed by atoms with E-state index in [9.17, 15) is 9.59 Å². The third kappa shape index (κ3) is 5.84. The smallest absolute Gasteiger partial charge is 0.309 e. The highest BCUT2D eigenvalue weighted by Crippen LogP contribution is 2.16. The quantitative estimate of drug-likeness (QED) is 0.596. The molecule has 132 valence electrons. The highest BCUT2D eigenvalue weighted by Gasteiger charge is 2.16. The fourth-order valence-electron chi connectivity index (χ4n) is 2.17. The predicted molar refractivity (Wildman–Crippen MR) is 94.5 cm³/mol. The zero-order valence-corrected chi connectivity index (χ0v) is 14.3. The molecule has 2 aromatic rings. The molecule has 6 nitrogen and oxygen atoms in total. The lowest BCUT2D eigenvalue weighted by Gasteiger charge is -2.14. The summed E-state index contributed by atoms with van der Waals surface area (Å²) in [6.45, 7) is 2.32. The van der Waals surface area contributed by atoms with Crippen molar-refractivity contribution in [3.63, 3.8) is 0 Å². The second-order valence-corrected chi connectivity index (χ2v) is 5.39. The van der Waals surface area contributed by atoms with Crippen LogP contribution >= 0.6 is 0 Å². The first kappa shape index (κ1) is 18.3. The normalized spacial score (nSPS) is 11.3. The van der Waals surface area contributed by atoms with Crippen molar-refractivity contribution in [2.24, 2.45) is 0 Å². The third-order valence-electron chi connectivity index (χ3n) is 3.57. The van der Waals surface area contributed by atoms with Crippen LogP contribution in [0.15, 0.2) is 54.6 Å². The Morgan fingerprint density at radius 3 is 2.24 bits per heavy atom. The Bertz CT molecular complexity index is 686. The first-order valence-electron chi connectivity index (χ1n) is 8.00. The average Bonchev–Trinajstić information content (AvgIpc) is 2.66. The largest absolute Gasteiger partial charge is 0.497 e. The van der Waals surface area contributed by atoms with Crippen molar-refractivity contribution >= 4 is 11.8 Å². The van der Waals surface area contributed by atoms with Gasteiger partial charge in [0.25, 0.3) is 0 Å². The maximum atomic E-state index is 11.9. The monoisotopic (exact) mass is 342 g/mol. The minimum absolute atomic E-state index is 0.234. The van der Waals surface area contributed by atoms with Crippen LogP contribution in [0.25, 0.3) is 0 Å². The van der Waals surface area contributed by atoms with Crippen molar-refractivity contribution in [3.8, 4) is 11.5 Å². The molecule has 0 aliphatic heterocycles. The second-order valence-electron chi connectivity index (χ2n) is 5.39. The molecule has 0 radical (unpaired) electrons. The van der Waals surface area contributed by atoms with Crippen molar-refractivity contribution in [2.45, 2.75) is 13.0 Å². The van der Waals surface area contributed by atoms with Crippen LogP contribution in [0.3, 0.4) is 0 Å². The van der Waals surface area contributed by atoms with Gasteiger partial charge in [-0.05, 0) is 36.8 Å². The molecule has 0 aromatic heterocycles. The van der Waals surface area contributed by atoms with Crippen LogP contribution in [0.2, 0.25) is 0 Å². The van der Waals surface area contributed by atoms with E-state index >= 15 is 0 Å². The molecule has 0 aliphatic rings. The molecule has 2 rings (SSSR count). The van der Waals surface area contributed by atoms with Gasteiger partial charge in [-0.2, -0.15) is 0 Å². The van der Waals surface area contributed by atoms with Gasteiger partial charge in [0.15, 0.2) is 0 Å². The summed E-state index contributed by atoms with van der Waals surface area (Å²) in [6.07, 6.45) is 0. The number of carbonyl (C=O) groups is 2. The fourth-order valence-corrected chi connectivity index (χ4v) is 2.17. The molecule has 0 saturated heterocycles. The van der Waals surface area contributed by atoms with E-state index in [0.717, 1.165) is 11.3 Å².